The highest BCUT2D eigenvalue weighted by Crippen LogP contribution is 2.47. The maximum atomic E-state index is 11.5. The van der Waals surface area contributed by atoms with Crippen molar-refractivity contribution >= 4 is 13.8 Å². The van der Waals surface area contributed by atoms with Crippen molar-refractivity contribution in [3.63, 3.8) is 0 Å². The van der Waals surface area contributed by atoms with E-state index in [2.05, 4.69) is 11.9 Å². The van der Waals surface area contributed by atoms with Crippen LogP contribution in [0.1, 0.15) is 20.3 Å². The summed E-state index contributed by atoms with van der Waals surface area (Å²) < 4.78 is 20.9. The summed E-state index contributed by atoms with van der Waals surface area (Å²) in [5.74, 6) is 1.39. The van der Waals surface area contributed by atoms with E-state index < -0.39 is 7.60 Å². The standard InChI is InChI=1S/C9H18NO3P/c1-5-9(2)10-7-6-8-14(11,12-3)13-4/h6-9H,5H2,1-4H3/b8-6+,10-7?. The lowest BCUT2D eigenvalue weighted by molar-refractivity contribution is 0.286. The van der Waals surface area contributed by atoms with E-state index in [1.54, 1.807) is 12.3 Å². The molecule has 0 radical (unpaired) electrons. The van der Waals surface area contributed by atoms with Gasteiger partial charge in [0.15, 0.2) is 0 Å². The molecular weight excluding hydrogens is 201 g/mol. The molecule has 0 fully saturated rings. The predicted octanol–water partition coefficient (Wildman–Crippen LogP) is 2.86. The number of allylic oxidation sites excluding steroid dienone is 1. The predicted molar refractivity (Wildman–Crippen MR) is 59.0 cm³/mol. The van der Waals surface area contributed by atoms with E-state index in [4.69, 9.17) is 9.05 Å². The van der Waals surface area contributed by atoms with E-state index in [1.807, 2.05) is 6.92 Å². The maximum Gasteiger partial charge on any atom is 0.353 e. The molecule has 0 aliphatic carbocycles. The lowest BCUT2D eigenvalue weighted by atomic mass is 10.3. The van der Waals surface area contributed by atoms with Gasteiger partial charge in [0, 0.05) is 32.3 Å². The zero-order valence-corrected chi connectivity index (χ0v) is 10.0. The Kier molecular flexibility index (Phi) is 6.71. The van der Waals surface area contributed by atoms with Crippen LogP contribution in [0.15, 0.2) is 16.9 Å². The van der Waals surface area contributed by atoms with Crippen LogP contribution in [0, 0.1) is 0 Å². The third-order valence-corrected chi connectivity index (χ3v) is 3.35. The second-order valence-electron chi connectivity index (χ2n) is 2.80. The normalized spacial score (nSPS) is 15.4. The third-order valence-electron chi connectivity index (χ3n) is 1.80. The van der Waals surface area contributed by atoms with Crippen LogP contribution in [0.25, 0.3) is 0 Å². The van der Waals surface area contributed by atoms with Crippen molar-refractivity contribution in [2.75, 3.05) is 14.2 Å². The summed E-state index contributed by atoms with van der Waals surface area (Å²) >= 11 is 0. The quantitative estimate of drug-likeness (QED) is 0.509. The minimum Gasteiger partial charge on any atom is -0.309 e. The highest BCUT2D eigenvalue weighted by Gasteiger charge is 2.14. The fourth-order valence-corrected chi connectivity index (χ4v) is 1.32. The molecule has 0 aromatic heterocycles. The van der Waals surface area contributed by atoms with E-state index in [9.17, 15) is 4.57 Å². The molecule has 0 aliphatic rings. The number of hydrogen-bond acceptors (Lipinski definition) is 4. The van der Waals surface area contributed by atoms with E-state index in [0.717, 1.165) is 6.42 Å². The molecule has 14 heavy (non-hydrogen) atoms. The lowest BCUT2D eigenvalue weighted by Crippen LogP contribution is -1.93. The Morgan fingerprint density at radius 2 is 2.00 bits per heavy atom. The minimum atomic E-state index is -3.02. The van der Waals surface area contributed by atoms with Gasteiger partial charge in [-0.25, -0.2) is 0 Å². The number of hydrogen-bond donors (Lipinski definition) is 0. The Morgan fingerprint density at radius 3 is 2.43 bits per heavy atom. The van der Waals surface area contributed by atoms with Crippen LogP contribution < -0.4 is 0 Å². The molecule has 0 saturated heterocycles. The first-order valence-electron chi connectivity index (χ1n) is 4.50. The van der Waals surface area contributed by atoms with Crippen molar-refractivity contribution in [1.29, 1.82) is 0 Å². The van der Waals surface area contributed by atoms with E-state index in [0.29, 0.717) is 0 Å². The van der Waals surface area contributed by atoms with Gasteiger partial charge in [0.25, 0.3) is 0 Å². The Bertz CT molecular complexity index is 242. The van der Waals surface area contributed by atoms with Crippen molar-refractivity contribution in [2.24, 2.45) is 4.99 Å². The van der Waals surface area contributed by atoms with Gasteiger partial charge < -0.3 is 9.05 Å². The molecule has 0 saturated carbocycles. The smallest absolute Gasteiger partial charge is 0.309 e. The van der Waals surface area contributed by atoms with Crippen molar-refractivity contribution in [3.8, 4) is 0 Å². The molecule has 0 heterocycles. The highest BCUT2D eigenvalue weighted by molar-refractivity contribution is 7.57. The Hall–Kier alpha value is -0.440. The fraction of sp³-hybridized carbons (Fsp3) is 0.667. The molecule has 1 unspecified atom stereocenters. The first kappa shape index (κ1) is 13.6. The Morgan fingerprint density at radius 1 is 1.43 bits per heavy atom. The van der Waals surface area contributed by atoms with Gasteiger partial charge in [-0.05, 0) is 19.4 Å². The Labute approximate surface area is 85.6 Å². The zero-order valence-electron chi connectivity index (χ0n) is 9.14. The summed E-state index contributed by atoms with van der Waals surface area (Å²) in [6.45, 7) is 4.07. The zero-order chi connectivity index (χ0) is 11.0. The topological polar surface area (TPSA) is 47.9 Å². The summed E-state index contributed by atoms with van der Waals surface area (Å²) in [5.41, 5.74) is 0. The summed E-state index contributed by atoms with van der Waals surface area (Å²) in [7, 11) is -0.326. The molecule has 0 aliphatic heterocycles. The molecule has 0 spiro atoms. The van der Waals surface area contributed by atoms with Gasteiger partial charge in [-0.1, -0.05) is 6.92 Å². The van der Waals surface area contributed by atoms with E-state index >= 15 is 0 Å². The van der Waals surface area contributed by atoms with Crippen LogP contribution in [0.5, 0.6) is 0 Å². The van der Waals surface area contributed by atoms with Gasteiger partial charge in [0.1, 0.15) is 0 Å². The molecule has 0 amide bonds. The first-order valence-corrected chi connectivity index (χ1v) is 6.11. The molecule has 0 aromatic rings. The average Bonchev–Trinajstić information content (AvgIpc) is 2.23. The van der Waals surface area contributed by atoms with Crippen molar-refractivity contribution < 1.29 is 13.6 Å². The van der Waals surface area contributed by atoms with E-state index in [-0.39, 0.29) is 6.04 Å². The number of rotatable bonds is 6. The summed E-state index contributed by atoms with van der Waals surface area (Å²) in [4.78, 5) is 4.17. The van der Waals surface area contributed by atoms with Gasteiger partial charge in [0.05, 0.1) is 0 Å². The van der Waals surface area contributed by atoms with Gasteiger partial charge in [-0.15, -0.1) is 0 Å². The van der Waals surface area contributed by atoms with Gasteiger partial charge in [-0.2, -0.15) is 0 Å². The summed E-state index contributed by atoms with van der Waals surface area (Å²) in [6, 6.07) is 0.282. The largest absolute Gasteiger partial charge is 0.353 e. The third kappa shape index (κ3) is 5.32. The van der Waals surface area contributed by atoms with Gasteiger partial charge >= 0.3 is 7.60 Å². The van der Waals surface area contributed by atoms with Crippen LogP contribution in [0.3, 0.4) is 0 Å². The maximum absolute atomic E-state index is 11.5. The molecule has 0 rings (SSSR count). The SMILES string of the molecule is CCC(C)N=C/C=C/P(=O)(OC)OC. The Balaban J connectivity index is 4.17. The molecule has 82 valence electrons. The molecule has 0 aromatic carbocycles. The van der Waals surface area contributed by atoms with Crippen molar-refractivity contribution in [3.05, 3.63) is 11.9 Å². The van der Waals surface area contributed by atoms with E-state index in [1.165, 1.54) is 20.0 Å². The minimum absolute atomic E-state index is 0.282. The second kappa shape index (κ2) is 6.93. The van der Waals surface area contributed by atoms with Crippen molar-refractivity contribution in [2.45, 2.75) is 26.3 Å². The van der Waals surface area contributed by atoms with Gasteiger partial charge in [0.2, 0.25) is 0 Å². The monoisotopic (exact) mass is 219 g/mol. The molecule has 5 heteroatoms. The average molecular weight is 219 g/mol. The van der Waals surface area contributed by atoms with Crippen LogP contribution in [0.2, 0.25) is 0 Å². The first-order chi connectivity index (χ1) is 6.58. The molecular formula is C9H18NO3P. The number of nitrogens with zero attached hydrogens (tertiary/aromatic N) is 1. The molecule has 4 nitrogen and oxygen atoms in total. The highest BCUT2D eigenvalue weighted by atomic mass is 31.2. The second-order valence-corrected chi connectivity index (χ2v) is 4.91. The summed E-state index contributed by atoms with van der Waals surface area (Å²) in [5, 5.41) is 0. The van der Waals surface area contributed by atoms with Crippen LogP contribution in [0.4, 0.5) is 0 Å². The lowest BCUT2D eigenvalue weighted by Gasteiger charge is -2.06. The van der Waals surface area contributed by atoms with Crippen LogP contribution >= 0.6 is 7.60 Å². The summed E-state index contributed by atoms with van der Waals surface area (Å²) in [6.07, 6.45) is 4.18. The van der Waals surface area contributed by atoms with Crippen LogP contribution in [-0.4, -0.2) is 26.5 Å². The van der Waals surface area contributed by atoms with Crippen LogP contribution in [-0.2, 0) is 13.6 Å². The molecule has 1 atom stereocenters. The fourth-order valence-electron chi connectivity index (χ4n) is 0.642. The van der Waals surface area contributed by atoms with Crippen molar-refractivity contribution in [1.82, 2.24) is 0 Å². The molecule has 0 N–H and O–H groups in total. The number of aliphatic imine (C=N–C) groups is 1. The van der Waals surface area contributed by atoms with Gasteiger partial charge in [-0.3, -0.25) is 9.56 Å². The molecule has 0 bridgehead atoms.